The first kappa shape index (κ1) is 11.6. The molecule has 2 atom stereocenters. The standard InChI is InChI=1S/C13H16BrNO/c1-3-11(14)13(16)15-9(2)8-10-6-4-5-7-12(10)15/h4-7,9,11H,3,8H2,1-2H3. The van der Waals surface area contributed by atoms with E-state index in [0.29, 0.717) is 0 Å². The summed E-state index contributed by atoms with van der Waals surface area (Å²) in [5.74, 6) is 0.181. The van der Waals surface area contributed by atoms with Crippen LogP contribution in [0.3, 0.4) is 0 Å². The van der Waals surface area contributed by atoms with Crippen LogP contribution in [0.15, 0.2) is 24.3 Å². The zero-order valence-electron chi connectivity index (χ0n) is 9.61. The molecule has 0 bridgehead atoms. The average Bonchev–Trinajstić information content (AvgIpc) is 2.63. The quantitative estimate of drug-likeness (QED) is 0.763. The maximum atomic E-state index is 12.2. The molecule has 2 rings (SSSR count). The average molecular weight is 282 g/mol. The van der Waals surface area contributed by atoms with Crippen LogP contribution in [-0.2, 0) is 11.2 Å². The second-order valence-electron chi connectivity index (χ2n) is 4.27. The van der Waals surface area contributed by atoms with Gasteiger partial charge in [-0.3, -0.25) is 4.79 Å². The van der Waals surface area contributed by atoms with E-state index in [0.717, 1.165) is 18.5 Å². The minimum atomic E-state index is -0.0684. The van der Waals surface area contributed by atoms with Crippen molar-refractivity contribution in [3.05, 3.63) is 29.8 Å². The zero-order valence-corrected chi connectivity index (χ0v) is 11.2. The fourth-order valence-corrected chi connectivity index (χ4v) is 2.45. The number of halogens is 1. The highest BCUT2D eigenvalue weighted by molar-refractivity contribution is 9.10. The van der Waals surface area contributed by atoms with Crippen molar-refractivity contribution < 1.29 is 4.79 Å². The Kier molecular flexibility index (Phi) is 3.33. The fraction of sp³-hybridized carbons (Fsp3) is 0.462. The summed E-state index contributed by atoms with van der Waals surface area (Å²) < 4.78 is 0. The third kappa shape index (κ3) is 1.88. The second kappa shape index (κ2) is 4.58. The van der Waals surface area contributed by atoms with E-state index < -0.39 is 0 Å². The topological polar surface area (TPSA) is 20.3 Å². The molecule has 3 heteroatoms. The van der Waals surface area contributed by atoms with Crippen molar-refractivity contribution in [1.82, 2.24) is 0 Å². The van der Waals surface area contributed by atoms with Crippen LogP contribution in [0.1, 0.15) is 25.8 Å². The maximum Gasteiger partial charge on any atom is 0.241 e. The van der Waals surface area contributed by atoms with Gasteiger partial charge in [-0.2, -0.15) is 0 Å². The van der Waals surface area contributed by atoms with Gasteiger partial charge >= 0.3 is 0 Å². The third-order valence-corrected chi connectivity index (χ3v) is 4.11. The van der Waals surface area contributed by atoms with E-state index in [-0.39, 0.29) is 16.8 Å². The number of anilines is 1. The number of carbonyl (C=O) groups is 1. The van der Waals surface area contributed by atoms with Crippen LogP contribution in [0, 0.1) is 0 Å². The first-order valence-corrected chi connectivity index (χ1v) is 6.61. The normalized spacial score (nSPS) is 20.7. The third-order valence-electron chi connectivity index (χ3n) is 3.07. The largest absolute Gasteiger partial charge is 0.308 e. The number of carbonyl (C=O) groups excluding carboxylic acids is 1. The highest BCUT2D eigenvalue weighted by Gasteiger charge is 2.32. The first-order valence-electron chi connectivity index (χ1n) is 5.70. The maximum absolute atomic E-state index is 12.2. The summed E-state index contributed by atoms with van der Waals surface area (Å²) in [7, 11) is 0. The van der Waals surface area contributed by atoms with Crippen molar-refractivity contribution in [2.45, 2.75) is 37.6 Å². The first-order chi connectivity index (χ1) is 7.65. The molecular formula is C13H16BrNO. The molecule has 1 amide bonds. The summed E-state index contributed by atoms with van der Waals surface area (Å²) in [6.07, 6.45) is 1.79. The number of hydrogen-bond donors (Lipinski definition) is 0. The summed E-state index contributed by atoms with van der Waals surface area (Å²) in [6, 6.07) is 8.44. The van der Waals surface area contributed by atoms with E-state index in [1.54, 1.807) is 0 Å². The van der Waals surface area contributed by atoms with E-state index in [2.05, 4.69) is 28.9 Å². The van der Waals surface area contributed by atoms with Gasteiger partial charge in [-0.1, -0.05) is 41.1 Å². The zero-order chi connectivity index (χ0) is 11.7. The van der Waals surface area contributed by atoms with Crippen LogP contribution >= 0.6 is 15.9 Å². The highest BCUT2D eigenvalue weighted by atomic mass is 79.9. The molecule has 1 heterocycles. The van der Waals surface area contributed by atoms with Gasteiger partial charge in [-0.05, 0) is 31.4 Å². The van der Waals surface area contributed by atoms with Gasteiger partial charge in [-0.25, -0.2) is 0 Å². The molecular weight excluding hydrogens is 266 g/mol. The van der Waals surface area contributed by atoms with Crippen molar-refractivity contribution in [2.75, 3.05) is 4.90 Å². The molecule has 0 aliphatic carbocycles. The van der Waals surface area contributed by atoms with E-state index in [4.69, 9.17) is 0 Å². The molecule has 1 aromatic carbocycles. The van der Waals surface area contributed by atoms with Crippen molar-refractivity contribution in [2.24, 2.45) is 0 Å². The van der Waals surface area contributed by atoms with Gasteiger partial charge in [0, 0.05) is 11.7 Å². The number of hydrogen-bond acceptors (Lipinski definition) is 1. The lowest BCUT2D eigenvalue weighted by Gasteiger charge is -2.24. The Bertz CT molecular complexity index is 405. The van der Waals surface area contributed by atoms with E-state index in [1.807, 2.05) is 30.0 Å². The summed E-state index contributed by atoms with van der Waals surface area (Å²) >= 11 is 3.44. The van der Waals surface area contributed by atoms with Gasteiger partial charge in [0.25, 0.3) is 0 Å². The van der Waals surface area contributed by atoms with Crippen LogP contribution in [0.25, 0.3) is 0 Å². The number of fused-ring (bicyclic) bond motifs is 1. The number of benzene rings is 1. The predicted octanol–water partition coefficient (Wildman–Crippen LogP) is 3.14. The second-order valence-corrected chi connectivity index (χ2v) is 5.37. The van der Waals surface area contributed by atoms with Gasteiger partial charge in [0.1, 0.15) is 0 Å². The number of amides is 1. The molecule has 0 spiro atoms. The molecule has 0 saturated carbocycles. The van der Waals surface area contributed by atoms with Gasteiger partial charge in [0.05, 0.1) is 4.83 Å². The Balaban J connectivity index is 2.32. The smallest absolute Gasteiger partial charge is 0.241 e. The number of alkyl halides is 1. The van der Waals surface area contributed by atoms with Crippen LogP contribution < -0.4 is 4.90 Å². The molecule has 0 N–H and O–H groups in total. The molecule has 86 valence electrons. The van der Waals surface area contributed by atoms with E-state index >= 15 is 0 Å². The monoisotopic (exact) mass is 281 g/mol. The van der Waals surface area contributed by atoms with Gasteiger partial charge < -0.3 is 4.90 Å². The summed E-state index contributed by atoms with van der Waals surface area (Å²) in [5, 5.41) is 0. The molecule has 2 unspecified atom stereocenters. The SMILES string of the molecule is CCC(Br)C(=O)N1c2ccccc2CC1C. The molecule has 0 fully saturated rings. The molecule has 1 aliphatic rings. The molecule has 1 aliphatic heterocycles. The Hall–Kier alpha value is -0.830. The lowest BCUT2D eigenvalue weighted by Crippen LogP contribution is -2.40. The molecule has 1 aromatic rings. The van der Waals surface area contributed by atoms with Crippen LogP contribution in [0.5, 0.6) is 0 Å². The minimum Gasteiger partial charge on any atom is -0.308 e. The lowest BCUT2D eigenvalue weighted by atomic mass is 10.1. The number of rotatable bonds is 2. The van der Waals surface area contributed by atoms with Crippen LogP contribution in [0.4, 0.5) is 5.69 Å². The predicted molar refractivity (Wildman–Crippen MR) is 70.1 cm³/mol. The van der Waals surface area contributed by atoms with Crippen molar-refractivity contribution in [3.8, 4) is 0 Å². The molecule has 0 aromatic heterocycles. The summed E-state index contributed by atoms with van der Waals surface area (Å²) in [5.41, 5.74) is 2.36. The van der Waals surface area contributed by atoms with E-state index in [1.165, 1.54) is 5.56 Å². The Morgan fingerprint density at radius 2 is 2.25 bits per heavy atom. The van der Waals surface area contributed by atoms with Gasteiger partial charge in [0.2, 0.25) is 5.91 Å². The lowest BCUT2D eigenvalue weighted by molar-refractivity contribution is -0.118. The van der Waals surface area contributed by atoms with Crippen molar-refractivity contribution in [1.29, 1.82) is 0 Å². The van der Waals surface area contributed by atoms with Gasteiger partial charge in [-0.15, -0.1) is 0 Å². The highest BCUT2D eigenvalue weighted by Crippen LogP contribution is 2.33. The van der Waals surface area contributed by atoms with Crippen molar-refractivity contribution >= 4 is 27.5 Å². The minimum absolute atomic E-state index is 0.0684. The molecule has 16 heavy (non-hydrogen) atoms. The fourth-order valence-electron chi connectivity index (χ4n) is 2.23. The Morgan fingerprint density at radius 3 is 2.94 bits per heavy atom. The number of para-hydroxylation sites is 1. The Labute approximate surface area is 105 Å². The summed E-state index contributed by atoms with van der Waals surface area (Å²) in [4.78, 5) is 14.1. The summed E-state index contributed by atoms with van der Waals surface area (Å²) in [6.45, 7) is 4.12. The Morgan fingerprint density at radius 1 is 1.56 bits per heavy atom. The van der Waals surface area contributed by atoms with Crippen LogP contribution in [-0.4, -0.2) is 16.8 Å². The molecule has 0 saturated heterocycles. The van der Waals surface area contributed by atoms with Crippen molar-refractivity contribution in [3.63, 3.8) is 0 Å². The van der Waals surface area contributed by atoms with Crippen LogP contribution in [0.2, 0.25) is 0 Å². The molecule has 2 nitrogen and oxygen atoms in total. The molecule has 0 radical (unpaired) electrons. The van der Waals surface area contributed by atoms with E-state index in [9.17, 15) is 4.79 Å². The number of nitrogens with zero attached hydrogens (tertiary/aromatic N) is 1. The van der Waals surface area contributed by atoms with Gasteiger partial charge in [0.15, 0.2) is 0 Å².